The van der Waals surface area contributed by atoms with Crippen LogP contribution in [0, 0.1) is 41.0 Å². The molecule has 0 amide bonds. The van der Waals surface area contributed by atoms with Crippen molar-refractivity contribution < 1.29 is 54.8 Å². The Kier molecular flexibility index (Phi) is 21.4. The molecule has 0 radical (unpaired) electrons. The molecule has 0 spiro atoms. The van der Waals surface area contributed by atoms with Gasteiger partial charge in [-0.15, -0.1) is 0 Å². The topological polar surface area (TPSA) is 55.4 Å². The maximum Gasteiger partial charge on any atom is 0.183 e. The largest absolute Gasteiger partial charge is 0.498 e. The van der Waals surface area contributed by atoms with Gasteiger partial charge in [0.1, 0.15) is 0 Å². The number of aryl methyl sites for hydroxylation is 3. The van der Waals surface area contributed by atoms with Crippen molar-refractivity contribution in [2.45, 2.75) is 205 Å². The number of rotatable bonds is 20. The summed E-state index contributed by atoms with van der Waals surface area (Å²) >= 11 is 0. The molecule has 4 fully saturated rings. The Balaban J connectivity index is 0.000000211. The number of hydrogen-bond acceptors (Lipinski definition) is 6. The summed E-state index contributed by atoms with van der Waals surface area (Å²) in [6.07, 6.45) is 19.4. The molecule has 5 aliphatic rings. The van der Waals surface area contributed by atoms with E-state index in [-0.39, 0.29) is 50.6 Å². The standard InChI is InChI=1S/C30H37F3O3.C30H45F3O3/c1-3-5-6-21-7-9-22(10-8-21)26-16-13-23(27(31)28(26)32)11-14-25-15-12-24(18-34-25)29-35-19-30(33,17-4-2)20-36-29;1-3-5-6-21-7-9-22(10-8-21)24-12-15-26(34-18-24)25-14-11-23(28(31)29(25)32)13-16-27-35-19-30(33,17-4-2)20-36-27/h7-10,13,16,18,25,29H,3-6,11-12,14-15,17,19-20H2,1-2H3;11,14,21-22,24,26-27H,3-10,12-13,15-20H2,1-2H3. The fourth-order valence-electron chi connectivity index (χ4n) is 11.4. The van der Waals surface area contributed by atoms with Crippen LogP contribution in [0.25, 0.3) is 11.1 Å². The molecule has 4 aliphatic heterocycles. The highest BCUT2D eigenvalue weighted by atomic mass is 19.2. The average Bonchev–Trinajstić information content (AvgIpc) is 3.40. The zero-order valence-electron chi connectivity index (χ0n) is 43.5. The second-order valence-electron chi connectivity index (χ2n) is 21.6. The third kappa shape index (κ3) is 15.4. The maximum atomic E-state index is 15.0. The molecule has 3 aromatic carbocycles. The van der Waals surface area contributed by atoms with E-state index in [9.17, 15) is 22.0 Å². The lowest BCUT2D eigenvalue weighted by atomic mass is 9.72. The van der Waals surface area contributed by atoms with E-state index in [1.54, 1.807) is 30.5 Å². The molecule has 4 heterocycles. The molecule has 6 nitrogen and oxygen atoms in total. The molecule has 3 atom stereocenters. The molecular formula is C60H82F6O6. The zero-order valence-corrected chi connectivity index (χ0v) is 43.5. The molecule has 0 aromatic heterocycles. The van der Waals surface area contributed by atoms with Crippen LogP contribution in [0.5, 0.6) is 0 Å². The highest BCUT2D eigenvalue weighted by Gasteiger charge is 2.39. The van der Waals surface area contributed by atoms with Crippen molar-refractivity contribution in [1.82, 2.24) is 0 Å². The molecule has 72 heavy (non-hydrogen) atoms. The molecule has 8 rings (SSSR count). The number of ether oxygens (including phenoxy) is 6. The van der Waals surface area contributed by atoms with Gasteiger partial charge in [0.15, 0.2) is 47.2 Å². The van der Waals surface area contributed by atoms with E-state index in [1.165, 1.54) is 50.5 Å². The first-order chi connectivity index (χ1) is 34.8. The first-order valence-corrected chi connectivity index (χ1v) is 27.7. The third-order valence-corrected chi connectivity index (χ3v) is 15.9. The Morgan fingerprint density at radius 2 is 1.15 bits per heavy atom. The SMILES string of the molecule is CCCCC1CCC(C2CCC(c3ccc(CCC4OCC(F)(CCC)CO4)c(F)c3F)OC2)CC1.CCCCc1ccc(-c2ccc(CCC3CCC(C4OCC(F)(CCC)CO4)=CO3)c(F)c2F)cc1. The molecular weight excluding hydrogens is 931 g/mol. The van der Waals surface area contributed by atoms with Crippen molar-refractivity contribution in [3.63, 3.8) is 0 Å². The van der Waals surface area contributed by atoms with Crippen molar-refractivity contribution in [1.29, 1.82) is 0 Å². The molecule has 12 heteroatoms. The summed E-state index contributed by atoms with van der Waals surface area (Å²) < 4.78 is 123. The van der Waals surface area contributed by atoms with Gasteiger partial charge in [0.2, 0.25) is 0 Å². The smallest absolute Gasteiger partial charge is 0.183 e. The molecule has 0 bridgehead atoms. The number of benzene rings is 3. The van der Waals surface area contributed by atoms with Crippen molar-refractivity contribution in [3.05, 3.63) is 106 Å². The van der Waals surface area contributed by atoms with Gasteiger partial charge in [0.25, 0.3) is 0 Å². The summed E-state index contributed by atoms with van der Waals surface area (Å²) in [6, 6.07) is 14.4. The van der Waals surface area contributed by atoms with E-state index in [2.05, 4.69) is 13.8 Å². The van der Waals surface area contributed by atoms with E-state index in [0.717, 1.165) is 62.9 Å². The van der Waals surface area contributed by atoms with Crippen molar-refractivity contribution in [3.8, 4) is 11.1 Å². The molecule has 0 N–H and O–H groups in total. The van der Waals surface area contributed by atoms with Crippen LogP contribution in [0.3, 0.4) is 0 Å². The summed E-state index contributed by atoms with van der Waals surface area (Å²) in [5, 5.41) is 0. The first-order valence-electron chi connectivity index (χ1n) is 27.7. The molecule has 1 aliphatic carbocycles. The number of alkyl halides is 2. The van der Waals surface area contributed by atoms with Crippen LogP contribution < -0.4 is 0 Å². The van der Waals surface area contributed by atoms with Gasteiger partial charge >= 0.3 is 0 Å². The van der Waals surface area contributed by atoms with Gasteiger partial charge in [-0.1, -0.05) is 128 Å². The van der Waals surface area contributed by atoms with Gasteiger partial charge in [-0.2, -0.15) is 0 Å². The van der Waals surface area contributed by atoms with Crippen LogP contribution >= 0.6 is 0 Å². The minimum Gasteiger partial charge on any atom is -0.498 e. The summed E-state index contributed by atoms with van der Waals surface area (Å²) in [4.78, 5) is 0. The van der Waals surface area contributed by atoms with Crippen LogP contribution in [-0.4, -0.2) is 63.1 Å². The van der Waals surface area contributed by atoms with Crippen molar-refractivity contribution in [2.75, 3.05) is 33.0 Å². The second-order valence-corrected chi connectivity index (χ2v) is 21.6. The number of halogens is 6. The van der Waals surface area contributed by atoms with Gasteiger partial charge in [0, 0.05) is 23.1 Å². The Morgan fingerprint density at radius 3 is 1.75 bits per heavy atom. The van der Waals surface area contributed by atoms with Crippen LogP contribution in [0.15, 0.2) is 60.4 Å². The third-order valence-electron chi connectivity index (χ3n) is 15.9. The van der Waals surface area contributed by atoms with Gasteiger partial charge in [-0.25, -0.2) is 26.3 Å². The van der Waals surface area contributed by atoms with Crippen molar-refractivity contribution >= 4 is 0 Å². The van der Waals surface area contributed by atoms with E-state index in [4.69, 9.17) is 28.4 Å². The summed E-state index contributed by atoms with van der Waals surface area (Å²) in [6.45, 7) is 8.93. The highest BCUT2D eigenvalue weighted by Crippen LogP contribution is 2.42. The minimum atomic E-state index is -1.45. The van der Waals surface area contributed by atoms with Gasteiger partial charge < -0.3 is 28.4 Å². The Bertz CT molecular complexity index is 2130. The van der Waals surface area contributed by atoms with Crippen LogP contribution in [0.4, 0.5) is 26.3 Å². The Labute approximate surface area is 426 Å². The van der Waals surface area contributed by atoms with E-state index < -0.39 is 47.2 Å². The van der Waals surface area contributed by atoms with E-state index in [0.29, 0.717) is 79.2 Å². The number of unbranched alkanes of at least 4 members (excludes halogenated alkanes) is 2. The first kappa shape index (κ1) is 56.3. The van der Waals surface area contributed by atoms with Crippen LogP contribution in [-0.2, 0) is 47.7 Å². The normalized spacial score (nSPS) is 28.9. The molecule has 3 aromatic rings. The molecule has 3 unspecified atom stereocenters. The molecule has 1 saturated carbocycles. The summed E-state index contributed by atoms with van der Waals surface area (Å²) in [5.41, 5.74) is 1.12. The van der Waals surface area contributed by atoms with Crippen LogP contribution in [0.1, 0.15) is 178 Å². The Hall–Kier alpha value is -3.42. The van der Waals surface area contributed by atoms with E-state index in [1.807, 2.05) is 38.1 Å². The molecule has 400 valence electrons. The average molecular weight is 1010 g/mol. The second kappa shape index (κ2) is 27.4. The lowest BCUT2D eigenvalue weighted by Crippen LogP contribution is -2.45. The van der Waals surface area contributed by atoms with Crippen molar-refractivity contribution in [2.24, 2.45) is 17.8 Å². The quantitative estimate of drug-likeness (QED) is 0.105. The maximum absolute atomic E-state index is 15.0. The lowest BCUT2D eigenvalue weighted by molar-refractivity contribution is -0.236. The summed E-state index contributed by atoms with van der Waals surface area (Å²) in [5.74, 6) is -1.07. The van der Waals surface area contributed by atoms with E-state index >= 15 is 4.39 Å². The predicted octanol–water partition coefficient (Wildman–Crippen LogP) is 16.1. The van der Waals surface area contributed by atoms with Gasteiger partial charge in [-0.3, -0.25) is 0 Å². The monoisotopic (exact) mass is 1010 g/mol. The zero-order chi connectivity index (χ0) is 51.1. The lowest BCUT2D eigenvalue weighted by Gasteiger charge is -2.38. The minimum absolute atomic E-state index is 0.0123. The molecule has 3 saturated heterocycles. The number of hydrogen-bond donors (Lipinski definition) is 0. The highest BCUT2D eigenvalue weighted by molar-refractivity contribution is 5.65. The Morgan fingerprint density at radius 1 is 0.542 bits per heavy atom. The fraction of sp³-hybridized carbons (Fsp3) is 0.667. The fourth-order valence-corrected chi connectivity index (χ4v) is 11.4. The predicted molar refractivity (Wildman–Crippen MR) is 271 cm³/mol. The van der Waals surface area contributed by atoms with Crippen LogP contribution in [0.2, 0.25) is 0 Å². The van der Waals surface area contributed by atoms with Gasteiger partial charge in [-0.05, 0) is 123 Å². The summed E-state index contributed by atoms with van der Waals surface area (Å²) in [7, 11) is 0. The van der Waals surface area contributed by atoms with Gasteiger partial charge in [0.05, 0.1) is 51.5 Å².